The van der Waals surface area contributed by atoms with Crippen molar-refractivity contribution in [3.8, 4) is 22.6 Å². The highest BCUT2D eigenvalue weighted by Crippen LogP contribution is 2.40. The molecule has 2 heterocycles. The maximum absolute atomic E-state index is 12.8. The lowest BCUT2D eigenvalue weighted by Crippen LogP contribution is -2.31. The third-order valence-electron chi connectivity index (χ3n) is 8.64. The molecule has 0 radical (unpaired) electrons. The normalized spacial score (nSPS) is 17.0. The molecule has 2 amide bonds. The monoisotopic (exact) mass is 714 g/mol. The van der Waals surface area contributed by atoms with E-state index in [1.165, 1.54) is 0 Å². The number of nitrogens with one attached hydrogen (secondary N) is 2. The number of para-hydroxylation sites is 1. The fourth-order valence-corrected chi connectivity index (χ4v) is 6.76. The molecule has 0 saturated carbocycles. The fraction of sp³-hybridized carbons (Fsp3) is 0.200. The summed E-state index contributed by atoms with van der Waals surface area (Å²) in [5.41, 5.74) is 6.41. The van der Waals surface area contributed by atoms with E-state index >= 15 is 0 Å². The maximum Gasteiger partial charge on any atom is 0.319 e. The first kappa shape index (κ1) is 34.9. The zero-order valence-electron chi connectivity index (χ0n) is 28.5. The molecule has 12 heteroatoms. The van der Waals surface area contributed by atoms with Gasteiger partial charge in [-0.3, -0.25) is 0 Å². The Kier molecular flexibility index (Phi) is 11.2. The Morgan fingerprint density at radius 1 is 0.865 bits per heavy atom. The van der Waals surface area contributed by atoms with E-state index in [9.17, 15) is 9.90 Å². The molecule has 0 bridgehead atoms. The lowest BCUT2D eigenvalue weighted by Gasteiger charge is -2.36. The molecule has 1 aromatic heterocycles. The summed E-state index contributed by atoms with van der Waals surface area (Å²) in [6, 6.07) is 40.5. The summed E-state index contributed by atoms with van der Waals surface area (Å²) < 4.78 is 20.5. The smallest absolute Gasteiger partial charge is 0.319 e. The number of benzene rings is 5. The number of aliphatic hydroxyl groups is 1. The van der Waals surface area contributed by atoms with Crippen molar-refractivity contribution in [1.82, 2.24) is 25.5 Å². The van der Waals surface area contributed by atoms with Gasteiger partial charge >= 0.3 is 6.03 Å². The van der Waals surface area contributed by atoms with Gasteiger partial charge in [-0.05, 0) is 74.6 Å². The number of aromatic nitrogens is 4. The maximum atomic E-state index is 12.8. The van der Waals surface area contributed by atoms with Crippen molar-refractivity contribution in [1.29, 1.82) is 0 Å². The van der Waals surface area contributed by atoms with Crippen molar-refractivity contribution in [2.75, 3.05) is 11.1 Å². The number of hydrogen-bond acceptors (Lipinski definition) is 9. The number of tetrazole rings is 1. The number of hydrogen-bond donors (Lipinski definition) is 3. The minimum atomic E-state index is -0.590. The largest absolute Gasteiger partial charge is 0.457 e. The molecule has 264 valence electrons. The van der Waals surface area contributed by atoms with Crippen LogP contribution >= 0.6 is 11.8 Å². The molecule has 0 unspecified atom stereocenters. The van der Waals surface area contributed by atoms with Crippen molar-refractivity contribution >= 4 is 23.5 Å². The first-order valence-corrected chi connectivity index (χ1v) is 17.9. The van der Waals surface area contributed by atoms with Crippen molar-refractivity contribution in [3.63, 3.8) is 0 Å². The van der Waals surface area contributed by atoms with E-state index in [-0.39, 0.29) is 24.8 Å². The predicted octanol–water partition coefficient (Wildman–Crippen LogP) is 7.82. The summed E-state index contributed by atoms with van der Waals surface area (Å²) in [6.45, 7) is 0.326. The van der Waals surface area contributed by atoms with Crippen LogP contribution in [0.3, 0.4) is 0 Å². The van der Waals surface area contributed by atoms with Crippen LogP contribution in [0.25, 0.3) is 11.1 Å². The highest BCUT2D eigenvalue weighted by molar-refractivity contribution is 7.99. The molecule has 3 atom stereocenters. The van der Waals surface area contributed by atoms with Gasteiger partial charge in [0.1, 0.15) is 11.5 Å². The number of carbonyl (C=O) groups is 1. The quantitative estimate of drug-likeness (QED) is 0.109. The number of aryl methyl sites for hydroxylation is 1. The fourth-order valence-electron chi connectivity index (χ4n) is 5.89. The van der Waals surface area contributed by atoms with E-state index in [2.05, 4.69) is 38.3 Å². The molecule has 1 saturated heterocycles. The molecule has 6 aromatic rings. The van der Waals surface area contributed by atoms with Gasteiger partial charge in [0.25, 0.3) is 0 Å². The van der Waals surface area contributed by atoms with Gasteiger partial charge in [-0.2, -0.15) is 0 Å². The third-order valence-corrected chi connectivity index (χ3v) is 9.78. The minimum Gasteiger partial charge on any atom is -0.457 e. The van der Waals surface area contributed by atoms with Crippen molar-refractivity contribution in [2.45, 2.75) is 43.2 Å². The second-order valence-corrected chi connectivity index (χ2v) is 13.3. The zero-order chi connectivity index (χ0) is 35.7. The Morgan fingerprint density at radius 3 is 2.31 bits per heavy atom. The van der Waals surface area contributed by atoms with Crippen LogP contribution in [0.4, 0.5) is 10.5 Å². The predicted molar refractivity (Wildman–Crippen MR) is 199 cm³/mol. The minimum absolute atomic E-state index is 0.0121. The number of rotatable bonds is 12. The van der Waals surface area contributed by atoms with Gasteiger partial charge in [-0.1, -0.05) is 103 Å². The molecule has 1 aliphatic rings. The first-order chi connectivity index (χ1) is 25.5. The number of ether oxygens (including phenoxy) is 3. The van der Waals surface area contributed by atoms with Crippen LogP contribution in [0.5, 0.6) is 11.5 Å². The number of anilines is 1. The van der Waals surface area contributed by atoms with Crippen LogP contribution < -0.4 is 15.4 Å². The number of nitrogens with zero attached hydrogens (tertiary/aromatic N) is 4. The standard InChI is InChI=1S/C40H38N6O5S/c1-46-40(43-44-45-46)52-26-35-23-37(29-13-11-27(25-47)12-14-29)51-38(50-35)30-17-15-28(16-18-30)36-10-6-5-7-31(36)24-41-39(48)42-32-19-21-34(22-20-32)49-33-8-3-2-4-9-33/h2-22,35,37-38,47H,23-26H2,1H3,(H2,41,42,48)/t35-,37+,38+/m0/s1. The van der Waals surface area contributed by atoms with E-state index in [0.29, 0.717) is 35.3 Å². The summed E-state index contributed by atoms with van der Waals surface area (Å²) in [6.07, 6.45) is -0.255. The van der Waals surface area contributed by atoms with Crippen LogP contribution in [-0.2, 0) is 29.7 Å². The zero-order valence-corrected chi connectivity index (χ0v) is 29.3. The van der Waals surface area contributed by atoms with Gasteiger partial charge in [0.15, 0.2) is 6.29 Å². The van der Waals surface area contributed by atoms with Gasteiger partial charge in [0, 0.05) is 37.0 Å². The molecule has 11 nitrogen and oxygen atoms in total. The SMILES string of the molecule is Cn1nnnc1SC[C@@H]1C[C@H](c2ccc(CO)cc2)O[C@H](c2ccc(-c3ccccc3CNC(=O)Nc3ccc(Oc4ccccc4)cc3)cc2)O1. The molecule has 0 spiro atoms. The van der Waals surface area contributed by atoms with Crippen LogP contribution in [0.1, 0.15) is 41.1 Å². The van der Waals surface area contributed by atoms with E-state index in [4.69, 9.17) is 14.2 Å². The van der Waals surface area contributed by atoms with Crippen molar-refractivity contribution < 1.29 is 24.1 Å². The number of aliphatic hydroxyl groups excluding tert-OH is 1. The number of carbonyl (C=O) groups excluding carboxylic acids is 1. The van der Waals surface area contributed by atoms with Gasteiger partial charge in [0.2, 0.25) is 5.16 Å². The third kappa shape index (κ3) is 8.85. The van der Waals surface area contributed by atoms with Gasteiger partial charge in [-0.15, -0.1) is 5.10 Å². The molecular weight excluding hydrogens is 677 g/mol. The Balaban J connectivity index is 0.999. The van der Waals surface area contributed by atoms with E-state index in [0.717, 1.165) is 39.1 Å². The lowest BCUT2D eigenvalue weighted by molar-refractivity contribution is -0.245. The molecule has 0 aliphatic carbocycles. The van der Waals surface area contributed by atoms with Crippen LogP contribution in [0.15, 0.2) is 133 Å². The topological polar surface area (TPSA) is 133 Å². The van der Waals surface area contributed by atoms with Crippen molar-refractivity contribution in [3.05, 3.63) is 150 Å². The second kappa shape index (κ2) is 16.7. The number of amides is 2. The van der Waals surface area contributed by atoms with Crippen LogP contribution in [0.2, 0.25) is 0 Å². The summed E-state index contributed by atoms with van der Waals surface area (Å²) in [4.78, 5) is 12.8. The second-order valence-electron chi connectivity index (χ2n) is 12.3. The summed E-state index contributed by atoms with van der Waals surface area (Å²) in [5, 5.41) is 27.9. The van der Waals surface area contributed by atoms with E-state index in [1.54, 1.807) is 28.6 Å². The van der Waals surface area contributed by atoms with Crippen LogP contribution in [0, 0.1) is 0 Å². The molecule has 7 rings (SSSR count). The molecular formula is C40H38N6O5S. The van der Waals surface area contributed by atoms with Crippen molar-refractivity contribution in [2.24, 2.45) is 7.05 Å². The first-order valence-electron chi connectivity index (χ1n) is 16.9. The molecule has 1 aliphatic heterocycles. The van der Waals surface area contributed by atoms with E-state index in [1.807, 2.05) is 110 Å². The highest BCUT2D eigenvalue weighted by Gasteiger charge is 2.32. The van der Waals surface area contributed by atoms with Gasteiger partial charge in [0.05, 0.1) is 18.8 Å². The summed E-state index contributed by atoms with van der Waals surface area (Å²) >= 11 is 1.54. The molecule has 5 aromatic carbocycles. The van der Waals surface area contributed by atoms with Crippen LogP contribution in [-0.4, -0.2) is 43.2 Å². The molecule has 1 fully saturated rings. The number of urea groups is 1. The molecule has 3 N–H and O–H groups in total. The van der Waals surface area contributed by atoms with E-state index < -0.39 is 6.29 Å². The Labute approximate surface area is 305 Å². The summed E-state index contributed by atoms with van der Waals surface area (Å²) in [7, 11) is 1.81. The number of thioether (sulfide) groups is 1. The average molecular weight is 715 g/mol. The Morgan fingerprint density at radius 2 is 1.58 bits per heavy atom. The Hall–Kier alpha value is -5.53. The Bertz CT molecular complexity index is 2060. The van der Waals surface area contributed by atoms with Gasteiger partial charge < -0.3 is 30.0 Å². The lowest BCUT2D eigenvalue weighted by atomic mass is 9.98. The summed E-state index contributed by atoms with van der Waals surface area (Å²) in [5.74, 6) is 2.08. The van der Waals surface area contributed by atoms with Gasteiger partial charge in [-0.25, -0.2) is 9.48 Å². The highest BCUT2D eigenvalue weighted by atomic mass is 32.2. The molecule has 52 heavy (non-hydrogen) atoms. The average Bonchev–Trinajstić information content (AvgIpc) is 3.61.